The summed E-state index contributed by atoms with van der Waals surface area (Å²) in [5.41, 5.74) is 2.62. The molecular formula is C15H19N3. The second-order valence-electron chi connectivity index (χ2n) is 5.33. The number of fused-ring (bicyclic) bond motifs is 1. The number of benzene rings is 1. The van der Waals surface area contributed by atoms with E-state index >= 15 is 0 Å². The number of rotatable bonds is 1. The number of nitriles is 1. The van der Waals surface area contributed by atoms with Crippen LogP contribution < -0.4 is 5.32 Å². The van der Waals surface area contributed by atoms with Crippen molar-refractivity contribution < 1.29 is 0 Å². The summed E-state index contributed by atoms with van der Waals surface area (Å²) in [7, 11) is 0. The average molecular weight is 241 g/mol. The van der Waals surface area contributed by atoms with E-state index in [1.807, 2.05) is 0 Å². The molecule has 1 fully saturated rings. The summed E-state index contributed by atoms with van der Waals surface area (Å²) >= 11 is 0. The standard InChI is InChI=1S/C15H19N3/c16-12-15(6-8-17-9-7-15)18-10-5-13-3-1-2-4-14(13)11-18/h1-4,17H,5-11H2. The van der Waals surface area contributed by atoms with Crippen LogP contribution in [0.1, 0.15) is 24.0 Å². The van der Waals surface area contributed by atoms with Gasteiger partial charge in [-0.25, -0.2) is 0 Å². The van der Waals surface area contributed by atoms with Gasteiger partial charge in [0, 0.05) is 13.1 Å². The smallest absolute Gasteiger partial charge is 0.111 e. The Morgan fingerprint density at radius 2 is 1.89 bits per heavy atom. The molecular weight excluding hydrogens is 222 g/mol. The van der Waals surface area contributed by atoms with Gasteiger partial charge in [-0.2, -0.15) is 5.26 Å². The van der Waals surface area contributed by atoms with E-state index in [-0.39, 0.29) is 5.54 Å². The lowest BCUT2D eigenvalue weighted by molar-refractivity contribution is 0.0901. The van der Waals surface area contributed by atoms with E-state index < -0.39 is 0 Å². The van der Waals surface area contributed by atoms with Gasteiger partial charge in [0.25, 0.3) is 0 Å². The quantitative estimate of drug-likeness (QED) is 0.813. The normalized spacial score (nSPS) is 23.1. The van der Waals surface area contributed by atoms with Crippen molar-refractivity contribution in [3.05, 3.63) is 35.4 Å². The fourth-order valence-corrected chi connectivity index (χ4v) is 3.20. The van der Waals surface area contributed by atoms with Crippen molar-refractivity contribution in [1.29, 1.82) is 5.26 Å². The van der Waals surface area contributed by atoms with Gasteiger partial charge >= 0.3 is 0 Å². The third-order valence-electron chi connectivity index (χ3n) is 4.37. The Labute approximate surface area is 108 Å². The molecule has 0 saturated carbocycles. The van der Waals surface area contributed by atoms with E-state index in [0.717, 1.165) is 45.4 Å². The minimum atomic E-state index is -0.237. The lowest BCUT2D eigenvalue weighted by atomic mass is 9.85. The summed E-state index contributed by atoms with van der Waals surface area (Å²) in [6.45, 7) is 3.88. The molecule has 3 heteroatoms. The van der Waals surface area contributed by atoms with Gasteiger partial charge in [-0.3, -0.25) is 4.90 Å². The second-order valence-corrected chi connectivity index (χ2v) is 5.33. The molecule has 0 aromatic heterocycles. The van der Waals surface area contributed by atoms with Crippen LogP contribution in [-0.4, -0.2) is 30.1 Å². The van der Waals surface area contributed by atoms with Gasteiger partial charge in [0.1, 0.15) is 5.54 Å². The van der Waals surface area contributed by atoms with Crippen molar-refractivity contribution in [2.45, 2.75) is 31.3 Å². The minimum Gasteiger partial charge on any atom is -0.317 e. The Hall–Kier alpha value is -1.37. The number of piperidine rings is 1. The summed E-state index contributed by atoms with van der Waals surface area (Å²) in [6.07, 6.45) is 2.98. The second kappa shape index (κ2) is 4.72. The van der Waals surface area contributed by atoms with E-state index in [2.05, 4.69) is 40.6 Å². The first-order valence-electron chi connectivity index (χ1n) is 6.78. The first kappa shape index (κ1) is 11.7. The van der Waals surface area contributed by atoms with Crippen LogP contribution in [0.3, 0.4) is 0 Å². The first-order chi connectivity index (χ1) is 8.84. The topological polar surface area (TPSA) is 39.1 Å². The van der Waals surface area contributed by atoms with Crippen molar-refractivity contribution in [3.63, 3.8) is 0 Å². The van der Waals surface area contributed by atoms with Gasteiger partial charge < -0.3 is 5.32 Å². The Kier molecular flexibility index (Phi) is 3.07. The van der Waals surface area contributed by atoms with E-state index in [1.165, 1.54) is 11.1 Å². The Morgan fingerprint density at radius 1 is 1.17 bits per heavy atom. The maximum atomic E-state index is 9.62. The molecule has 94 valence electrons. The molecule has 1 saturated heterocycles. The molecule has 1 aromatic carbocycles. The van der Waals surface area contributed by atoms with E-state index in [0.29, 0.717) is 0 Å². The van der Waals surface area contributed by atoms with Crippen LogP contribution in [0.25, 0.3) is 0 Å². The van der Waals surface area contributed by atoms with Gasteiger partial charge in [0.2, 0.25) is 0 Å². The summed E-state index contributed by atoms with van der Waals surface area (Å²) in [5, 5.41) is 13.0. The fraction of sp³-hybridized carbons (Fsp3) is 0.533. The number of nitrogens with zero attached hydrogens (tertiary/aromatic N) is 2. The number of hydrogen-bond donors (Lipinski definition) is 1. The van der Waals surface area contributed by atoms with Crippen molar-refractivity contribution >= 4 is 0 Å². The highest BCUT2D eigenvalue weighted by Gasteiger charge is 2.39. The summed E-state index contributed by atoms with van der Waals surface area (Å²) in [5.74, 6) is 0. The average Bonchev–Trinajstić information content (AvgIpc) is 2.47. The molecule has 0 bridgehead atoms. The highest BCUT2D eigenvalue weighted by Crippen LogP contribution is 2.31. The molecule has 0 amide bonds. The molecule has 0 unspecified atom stereocenters. The van der Waals surface area contributed by atoms with Gasteiger partial charge in [-0.05, 0) is 43.5 Å². The zero-order valence-corrected chi connectivity index (χ0v) is 10.7. The molecule has 2 aliphatic heterocycles. The highest BCUT2D eigenvalue weighted by atomic mass is 15.2. The van der Waals surface area contributed by atoms with Crippen LogP contribution in [0.15, 0.2) is 24.3 Å². The largest absolute Gasteiger partial charge is 0.317 e. The summed E-state index contributed by atoms with van der Waals surface area (Å²) in [4.78, 5) is 2.40. The molecule has 0 radical (unpaired) electrons. The third kappa shape index (κ3) is 1.92. The van der Waals surface area contributed by atoms with Crippen LogP contribution in [0.4, 0.5) is 0 Å². The first-order valence-corrected chi connectivity index (χ1v) is 6.78. The Bertz CT molecular complexity index is 469. The van der Waals surface area contributed by atoms with E-state index in [4.69, 9.17) is 0 Å². The lowest BCUT2D eigenvalue weighted by Crippen LogP contribution is -2.55. The van der Waals surface area contributed by atoms with E-state index in [9.17, 15) is 5.26 Å². The van der Waals surface area contributed by atoms with Gasteiger partial charge in [0.15, 0.2) is 0 Å². The predicted octanol–water partition coefficient (Wildman–Crippen LogP) is 1.69. The molecule has 2 aliphatic rings. The Balaban J connectivity index is 1.84. The third-order valence-corrected chi connectivity index (χ3v) is 4.37. The molecule has 0 atom stereocenters. The lowest BCUT2D eigenvalue weighted by Gasteiger charge is -2.43. The molecule has 3 rings (SSSR count). The molecule has 18 heavy (non-hydrogen) atoms. The monoisotopic (exact) mass is 241 g/mol. The van der Waals surface area contributed by atoms with Gasteiger partial charge in [-0.15, -0.1) is 0 Å². The zero-order valence-electron chi connectivity index (χ0n) is 10.7. The van der Waals surface area contributed by atoms with Crippen LogP contribution in [-0.2, 0) is 13.0 Å². The van der Waals surface area contributed by atoms with E-state index in [1.54, 1.807) is 0 Å². The van der Waals surface area contributed by atoms with Gasteiger partial charge in [-0.1, -0.05) is 24.3 Å². The molecule has 0 spiro atoms. The van der Waals surface area contributed by atoms with Crippen molar-refractivity contribution in [1.82, 2.24) is 10.2 Å². The molecule has 3 nitrogen and oxygen atoms in total. The van der Waals surface area contributed by atoms with Crippen LogP contribution >= 0.6 is 0 Å². The molecule has 2 heterocycles. The predicted molar refractivity (Wildman–Crippen MR) is 71.0 cm³/mol. The van der Waals surface area contributed by atoms with Crippen molar-refractivity contribution in [2.75, 3.05) is 19.6 Å². The SMILES string of the molecule is N#CC1(N2CCc3ccccc3C2)CCNCC1. The van der Waals surface area contributed by atoms with Gasteiger partial charge in [0.05, 0.1) is 6.07 Å². The Morgan fingerprint density at radius 3 is 2.61 bits per heavy atom. The number of hydrogen-bond acceptors (Lipinski definition) is 3. The van der Waals surface area contributed by atoms with Crippen LogP contribution in [0, 0.1) is 11.3 Å². The molecule has 1 aromatic rings. The maximum absolute atomic E-state index is 9.62. The number of nitrogens with one attached hydrogen (secondary N) is 1. The molecule has 0 aliphatic carbocycles. The fourth-order valence-electron chi connectivity index (χ4n) is 3.20. The highest BCUT2D eigenvalue weighted by molar-refractivity contribution is 5.30. The zero-order chi connectivity index (χ0) is 12.4. The van der Waals surface area contributed by atoms with Crippen LogP contribution in [0.2, 0.25) is 0 Å². The molecule has 1 N–H and O–H groups in total. The van der Waals surface area contributed by atoms with Crippen molar-refractivity contribution in [2.24, 2.45) is 0 Å². The minimum absolute atomic E-state index is 0.237. The van der Waals surface area contributed by atoms with Crippen molar-refractivity contribution in [3.8, 4) is 6.07 Å². The summed E-state index contributed by atoms with van der Waals surface area (Å²) in [6, 6.07) is 11.2. The summed E-state index contributed by atoms with van der Waals surface area (Å²) < 4.78 is 0. The van der Waals surface area contributed by atoms with Crippen LogP contribution in [0.5, 0.6) is 0 Å². The maximum Gasteiger partial charge on any atom is 0.111 e.